The van der Waals surface area contributed by atoms with Crippen LogP contribution in [0.15, 0.2) is 48.0 Å². The molecular weight excluding hydrogens is 417 g/mol. The quantitative estimate of drug-likeness (QED) is 0.598. The minimum Gasteiger partial charge on any atom is -0.368 e. The summed E-state index contributed by atoms with van der Waals surface area (Å²) >= 11 is 12.3. The second kappa shape index (κ2) is 8.26. The Hall–Kier alpha value is -2.01. The van der Waals surface area contributed by atoms with Crippen LogP contribution in [0.3, 0.4) is 0 Å². The number of hydrogen-bond donors (Lipinski definition) is 0. The predicted octanol–water partition coefficient (Wildman–Crippen LogP) is 5.34. The van der Waals surface area contributed by atoms with Crippen molar-refractivity contribution in [2.45, 2.75) is 25.8 Å². The molecule has 2 aromatic rings. The summed E-state index contributed by atoms with van der Waals surface area (Å²) in [5.41, 5.74) is 3.53. The van der Waals surface area contributed by atoms with Crippen LogP contribution in [0.1, 0.15) is 25.8 Å². The topological polar surface area (TPSA) is 26.8 Å². The molecule has 0 aromatic heterocycles. The molecule has 2 fully saturated rings. The van der Waals surface area contributed by atoms with Gasteiger partial charge in [-0.1, -0.05) is 41.4 Å². The zero-order valence-corrected chi connectivity index (χ0v) is 19.2. The van der Waals surface area contributed by atoms with Gasteiger partial charge in [-0.15, -0.1) is 0 Å². The molecule has 0 spiro atoms. The van der Waals surface area contributed by atoms with Gasteiger partial charge in [0, 0.05) is 55.1 Å². The van der Waals surface area contributed by atoms with E-state index in [1.165, 1.54) is 5.69 Å². The lowest BCUT2D eigenvalue weighted by Gasteiger charge is -2.35. The van der Waals surface area contributed by atoms with Gasteiger partial charge >= 0.3 is 0 Å². The standard InChI is InChI=1S/C24H27Cl2N3O/c1-24(2)16-18(23(30)29(24)19-8-9-20(25)21(26)15-19)14-17-6-4-5-7-22(17)28-12-10-27(3)11-13-28/h4-9,14-15H,10-13,16H2,1-3H3/b18-14+. The normalized spacial score (nSPS) is 21.0. The van der Waals surface area contributed by atoms with Crippen molar-refractivity contribution in [1.82, 2.24) is 4.90 Å². The van der Waals surface area contributed by atoms with Crippen molar-refractivity contribution in [3.8, 4) is 0 Å². The van der Waals surface area contributed by atoms with Crippen LogP contribution in [-0.2, 0) is 4.79 Å². The predicted molar refractivity (Wildman–Crippen MR) is 127 cm³/mol. The first kappa shape index (κ1) is 21.2. The van der Waals surface area contributed by atoms with E-state index in [9.17, 15) is 4.79 Å². The first-order chi connectivity index (χ1) is 14.3. The maximum absolute atomic E-state index is 13.4. The lowest BCUT2D eigenvalue weighted by Crippen LogP contribution is -2.44. The zero-order chi connectivity index (χ0) is 21.5. The number of benzene rings is 2. The minimum absolute atomic E-state index is 0.0200. The Morgan fingerprint density at radius 1 is 0.967 bits per heavy atom. The molecule has 0 radical (unpaired) electrons. The number of nitrogens with zero attached hydrogens (tertiary/aromatic N) is 3. The van der Waals surface area contributed by atoms with Gasteiger partial charge in [-0.3, -0.25) is 4.79 Å². The van der Waals surface area contributed by atoms with Crippen molar-refractivity contribution in [1.29, 1.82) is 0 Å². The zero-order valence-electron chi connectivity index (χ0n) is 17.7. The summed E-state index contributed by atoms with van der Waals surface area (Å²) in [7, 11) is 2.15. The van der Waals surface area contributed by atoms with E-state index >= 15 is 0 Å². The Bertz CT molecular complexity index is 994. The van der Waals surface area contributed by atoms with Gasteiger partial charge in [-0.2, -0.15) is 0 Å². The molecule has 2 aliphatic rings. The molecule has 2 aromatic carbocycles. The Morgan fingerprint density at radius 2 is 1.67 bits per heavy atom. The largest absolute Gasteiger partial charge is 0.368 e. The first-order valence-electron chi connectivity index (χ1n) is 10.3. The van der Waals surface area contributed by atoms with Gasteiger partial charge in [-0.05, 0) is 56.8 Å². The monoisotopic (exact) mass is 443 g/mol. The number of hydrogen-bond acceptors (Lipinski definition) is 3. The summed E-state index contributed by atoms with van der Waals surface area (Å²) < 4.78 is 0. The third-order valence-corrected chi connectivity index (χ3v) is 6.72. The molecule has 158 valence electrons. The van der Waals surface area contributed by atoms with E-state index in [0.29, 0.717) is 16.5 Å². The molecule has 0 bridgehead atoms. The third kappa shape index (κ3) is 4.09. The van der Waals surface area contributed by atoms with Gasteiger partial charge in [0.15, 0.2) is 0 Å². The summed E-state index contributed by atoms with van der Waals surface area (Å²) in [4.78, 5) is 20.0. The fourth-order valence-corrected chi connectivity index (χ4v) is 4.67. The number of halogens is 2. The van der Waals surface area contributed by atoms with Gasteiger partial charge in [-0.25, -0.2) is 0 Å². The second-order valence-corrected chi connectivity index (χ2v) is 9.56. The molecule has 30 heavy (non-hydrogen) atoms. The Balaban J connectivity index is 1.67. The maximum atomic E-state index is 13.4. The van der Waals surface area contributed by atoms with Crippen molar-refractivity contribution in [2.24, 2.45) is 0 Å². The van der Waals surface area contributed by atoms with E-state index in [1.807, 2.05) is 17.0 Å². The molecular formula is C24H27Cl2N3O. The van der Waals surface area contributed by atoms with Crippen LogP contribution in [0.2, 0.25) is 10.0 Å². The average Bonchev–Trinajstić information content (AvgIpc) is 2.93. The molecule has 4 nitrogen and oxygen atoms in total. The molecule has 0 aliphatic carbocycles. The van der Waals surface area contributed by atoms with E-state index in [1.54, 1.807) is 12.1 Å². The van der Waals surface area contributed by atoms with Crippen molar-refractivity contribution < 1.29 is 4.79 Å². The van der Waals surface area contributed by atoms with E-state index in [2.05, 4.69) is 55.0 Å². The van der Waals surface area contributed by atoms with Gasteiger partial charge in [0.2, 0.25) is 0 Å². The highest BCUT2D eigenvalue weighted by Crippen LogP contribution is 2.40. The summed E-state index contributed by atoms with van der Waals surface area (Å²) in [6, 6.07) is 13.7. The number of likely N-dealkylation sites (N-methyl/N-ethyl adjacent to an activating group) is 1. The van der Waals surface area contributed by atoms with Crippen molar-refractivity contribution >= 4 is 46.6 Å². The molecule has 0 N–H and O–H groups in total. The van der Waals surface area contributed by atoms with Crippen LogP contribution in [0.5, 0.6) is 0 Å². The van der Waals surface area contributed by atoms with Gasteiger partial charge in [0.25, 0.3) is 5.91 Å². The molecule has 2 saturated heterocycles. The van der Waals surface area contributed by atoms with Crippen molar-refractivity contribution in [2.75, 3.05) is 43.0 Å². The highest BCUT2D eigenvalue weighted by Gasteiger charge is 2.42. The molecule has 0 atom stereocenters. The number of carbonyl (C=O) groups is 1. The Labute approximate surface area is 188 Å². The van der Waals surface area contributed by atoms with E-state index < -0.39 is 0 Å². The molecule has 2 heterocycles. The number of piperazine rings is 1. The minimum atomic E-state index is -0.344. The maximum Gasteiger partial charge on any atom is 0.254 e. The van der Waals surface area contributed by atoms with Crippen LogP contribution >= 0.6 is 23.2 Å². The fourth-order valence-electron chi connectivity index (χ4n) is 4.38. The third-order valence-electron chi connectivity index (χ3n) is 5.98. The van der Waals surface area contributed by atoms with Crippen LogP contribution in [0.25, 0.3) is 6.08 Å². The number of para-hydroxylation sites is 1. The SMILES string of the molecule is CN1CCN(c2ccccc2/C=C2\CC(C)(C)N(c3ccc(Cl)c(Cl)c3)C2=O)CC1. The highest BCUT2D eigenvalue weighted by molar-refractivity contribution is 6.42. The summed E-state index contributed by atoms with van der Waals surface area (Å²) in [5, 5.41) is 0.942. The van der Waals surface area contributed by atoms with Crippen molar-refractivity contribution in [3.05, 3.63) is 63.6 Å². The summed E-state index contributed by atoms with van der Waals surface area (Å²) in [5.74, 6) is 0.0200. The second-order valence-electron chi connectivity index (χ2n) is 8.75. The van der Waals surface area contributed by atoms with E-state index in [0.717, 1.165) is 43.0 Å². The summed E-state index contributed by atoms with van der Waals surface area (Å²) in [6.07, 6.45) is 2.73. The van der Waals surface area contributed by atoms with Crippen LogP contribution in [0.4, 0.5) is 11.4 Å². The van der Waals surface area contributed by atoms with Crippen LogP contribution in [-0.4, -0.2) is 49.6 Å². The van der Waals surface area contributed by atoms with Gasteiger partial charge < -0.3 is 14.7 Å². The number of carbonyl (C=O) groups excluding carboxylic acids is 1. The lowest BCUT2D eigenvalue weighted by atomic mass is 9.98. The van der Waals surface area contributed by atoms with Gasteiger partial charge in [0.05, 0.1) is 10.0 Å². The first-order valence-corrected chi connectivity index (χ1v) is 11.0. The number of rotatable bonds is 3. The summed E-state index contributed by atoms with van der Waals surface area (Å²) in [6.45, 7) is 8.24. The molecule has 2 aliphatic heterocycles. The average molecular weight is 444 g/mol. The molecule has 1 amide bonds. The Kier molecular flexibility index (Phi) is 5.84. The van der Waals surface area contributed by atoms with Crippen molar-refractivity contribution in [3.63, 3.8) is 0 Å². The lowest BCUT2D eigenvalue weighted by molar-refractivity contribution is -0.114. The van der Waals surface area contributed by atoms with Crippen LogP contribution in [0, 0.1) is 0 Å². The van der Waals surface area contributed by atoms with Crippen LogP contribution < -0.4 is 9.80 Å². The number of amides is 1. The van der Waals surface area contributed by atoms with E-state index in [-0.39, 0.29) is 11.4 Å². The Morgan fingerprint density at radius 3 is 2.37 bits per heavy atom. The number of anilines is 2. The molecule has 6 heteroatoms. The fraction of sp³-hybridized carbons (Fsp3) is 0.375. The molecule has 4 rings (SSSR count). The molecule has 0 unspecified atom stereocenters. The van der Waals surface area contributed by atoms with Gasteiger partial charge in [0.1, 0.15) is 0 Å². The molecule has 0 saturated carbocycles. The highest BCUT2D eigenvalue weighted by atomic mass is 35.5. The smallest absolute Gasteiger partial charge is 0.254 e. The van der Waals surface area contributed by atoms with E-state index in [4.69, 9.17) is 23.2 Å².